The molecule has 3 nitrogen and oxygen atoms in total. The first-order valence-electron chi connectivity index (χ1n) is 20.8. The van der Waals surface area contributed by atoms with Crippen molar-refractivity contribution in [3.05, 3.63) is 204 Å². The van der Waals surface area contributed by atoms with Crippen molar-refractivity contribution in [3.63, 3.8) is 0 Å². The van der Waals surface area contributed by atoms with Crippen LogP contribution in [0.5, 0.6) is 0 Å². The number of fused-ring (bicyclic) bond motifs is 18. The van der Waals surface area contributed by atoms with Gasteiger partial charge in [-0.1, -0.05) is 146 Å². The zero-order valence-electron chi connectivity index (χ0n) is 31.7. The lowest BCUT2D eigenvalue weighted by Crippen LogP contribution is -2.60. The minimum atomic E-state index is -0.471. The van der Waals surface area contributed by atoms with Gasteiger partial charge in [0.2, 0.25) is 0 Å². The van der Waals surface area contributed by atoms with Gasteiger partial charge in [-0.2, -0.15) is 0 Å². The van der Waals surface area contributed by atoms with Gasteiger partial charge in [0.05, 0.1) is 33.0 Å². The number of aromatic nitrogens is 3. The smallest absolute Gasteiger partial charge is 0.252 e. The Labute approximate surface area is 338 Å². The highest BCUT2D eigenvalue weighted by molar-refractivity contribution is 7.00. The fourth-order valence-corrected chi connectivity index (χ4v) is 12.9. The summed E-state index contributed by atoms with van der Waals surface area (Å²) in [4.78, 5) is 0. The highest BCUT2D eigenvalue weighted by atomic mass is 15.1. The van der Waals surface area contributed by atoms with Crippen LogP contribution in [-0.4, -0.2) is 20.4 Å². The van der Waals surface area contributed by atoms with Crippen molar-refractivity contribution in [3.8, 4) is 28.2 Å². The topological polar surface area (TPSA) is 14.8 Å². The monoisotopic (exact) mass is 743 g/mol. The summed E-state index contributed by atoms with van der Waals surface area (Å²) in [5.41, 5.74) is 23.5. The molecule has 0 bridgehead atoms. The molecular weight excluding hydrogens is 713 g/mol. The molecular formula is C55H30BN3. The van der Waals surface area contributed by atoms with Gasteiger partial charge in [0, 0.05) is 54.9 Å². The summed E-state index contributed by atoms with van der Waals surface area (Å²) in [5, 5.41) is 7.92. The van der Waals surface area contributed by atoms with Crippen molar-refractivity contribution in [1.82, 2.24) is 13.7 Å². The molecule has 12 aromatic rings. The normalized spacial score (nSPS) is 14.5. The lowest BCUT2D eigenvalue weighted by molar-refractivity contribution is 0.749. The van der Waals surface area contributed by atoms with E-state index in [0.717, 1.165) is 0 Å². The van der Waals surface area contributed by atoms with Crippen LogP contribution in [0.3, 0.4) is 0 Å². The first kappa shape index (κ1) is 29.7. The summed E-state index contributed by atoms with van der Waals surface area (Å²) in [7, 11) is 0. The van der Waals surface area contributed by atoms with E-state index in [4.69, 9.17) is 0 Å². The number of para-hydroxylation sites is 5. The van der Waals surface area contributed by atoms with Gasteiger partial charge < -0.3 is 13.7 Å². The number of benzene rings is 9. The number of hydrogen-bond donors (Lipinski definition) is 0. The fraction of sp³-hybridized carbons (Fsp3) is 0.0182. The van der Waals surface area contributed by atoms with Gasteiger partial charge in [0.1, 0.15) is 0 Å². The number of rotatable bonds is 1. The summed E-state index contributed by atoms with van der Waals surface area (Å²) in [6, 6.07) is 69.3. The van der Waals surface area contributed by atoms with E-state index >= 15 is 0 Å². The maximum Gasteiger partial charge on any atom is 0.252 e. The fourth-order valence-electron chi connectivity index (χ4n) is 12.9. The lowest BCUT2D eigenvalue weighted by Gasteiger charge is -2.44. The van der Waals surface area contributed by atoms with Crippen molar-refractivity contribution in [2.75, 3.05) is 0 Å². The van der Waals surface area contributed by atoms with Crippen LogP contribution in [0.25, 0.3) is 93.6 Å². The van der Waals surface area contributed by atoms with Crippen LogP contribution in [0.15, 0.2) is 182 Å². The zero-order chi connectivity index (χ0) is 37.9. The van der Waals surface area contributed by atoms with Gasteiger partial charge in [0.15, 0.2) is 0 Å². The summed E-state index contributed by atoms with van der Waals surface area (Å²) < 4.78 is 7.84. The maximum absolute atomic E-state index is 2.70. The van der Waals surface area contributed by atoms with Crippen LogP contribution in [0, 0.1) is 0 Å². The van der Waals surface area contributed by atoms with Crippen LogP contribution < -0.4 is 16.4 Å². The molecule has 9 aromatic carbocycles. The largest absolute Gasteiger partial charge is 0.310 e. The van der Waals surface area contributed by atoms with E-state index < -0.39 is 5.41 Å². The van der Waals surface area contributed by atoms with Crippen LogP contribution >= 0.6 is 0 Å². The van der Waals surface area contributed by atoms with Crippen molar-refractivity contribution in [2.45, 2.75) is 5.41 Å². The SMILES string of the molecule is c1ccc(-n2c3ccccc3c3c4c5ccccc5n5c4c(cc32)B2c3c-5ccc4c3-n3c5c2cccc5c2cccc(c23)C42c3ccccc3-c3ccccc32)cc1. The summed E-state index contributed by atoms with van der Waals surface area (Å²) in [6.45, 7) is 0.0249. The van der Waals surface area contributed by atoms with Crippen LogP contribution in [0.2, 0.25) is 0 Å². The van der Waals surface area contributed by atoms with E-state index in [0.29, 0.717) is 0 Å². The standard InChI is InChI=1S/C55H30BN3/c1-2-14-31(15-3-1)57-44-26-10-6-18-36(44)48-47(57)30-43-54-49(48)37-19-7-11-27-45(37)58(54)46-29-28-41-53-50(46)56(43)42-25-13-21-35-34-20-12-24-40(51(34)59(53)52(35)42)55(41)38-22-8-4-16-32(38)33-17-5-9-23-39(33)55/h1-30H. The van der Waals surface area contributed by atoms with Crippen LogP contribution in [-0.2, 0) is 5.41 Å². The molecule has 6 heterocycles. The molecule has 0 atom stereocenters. The minimum absolute atomic E-state index is 0.0249. The first-order chi connectivity index (χ1) is 29.3. The molecule has 0 saturated heterocycles. The van der Waals surface area contributed by atoms with Gasteiger partial charge in [-0.25, -0.2) is 0 Å². The minimum Gasteiger partial charge on any atom is -0.310 e. The average molecular weight is 744 g/mol. The van der Waals surface area contributed by atoms with Crippen LogP contribution in [0.1, 0.15) is 22.3 Å². The summed E-state index contributed by atoms with van der Waals surface area (Å²) in [6.07, 6.45) is 0. The van der Waals surface area contributed by atoms with Gasteiger partial charge in [0.25, 0.3) is 6.71 Å². The maximum atomic E-state index is 2.70. The van der Waals surface area contributed by atoms with E-state index in [9.17, 15) is 0 Å². The summed E-state index contributed by atoms with van der Waals surface area (Å²) >= 11 is 0. The molecule has 0 amide bonds. The molecule has 0 N–H and O–H groups in total. The number of nitrogens with zero attached hydrogens (tertiary/aromatic N) is 3. The molecule has 4 aliphatic rings. The Morgan fingerprint density at radius 2 is 0.983 bits per heavy atom. The van der Waals surface area contributed by atoms with Gasteiger partial charge in [-0.3, -0.25) is 0 Å². The predicted molar refractivity (Wildman–Crippen MR) is 245 cm³/mol. The van der Waals surface area contributed by atoms with E-state index in [1.54, 1.807) is 0 Å². The Morgan fingerprint density at radius 1 is 0.373 bits per heavy atom. The second-order valence-corrected chi connectivity index (χ2v) is 17.1. The van der Waals surface area contributed by atoms with Crippen molar-refractivity contribution < 1.29 is 0 Å². The Balaban J connectivity index is 1.17. The van der Waals surface area contributed by atoms with E-state index in [1.807, 2.05) is 0 Å². The average Bonchev–Trinajstić information content (AvgIpc) is 4.02. The molecule has 268 valence electrons. The third-order valence-corrected chi connectivity index (χ3v) is 14.8. The second-order valence-electron chi connectivity index (χ2n) is 17.1. The van der Waals surface area contributed by atoms with Gasteiger partial charge in [-0.05, 0) is 86.2 Å². The number of hydrogen-bond acceptors (Lipinski definition) is 0. The molecule has 3 aromatic heterocycles. The molecule has 3 aliphatic heterocycles. The van der Waals surface area contributed by atoms with E-state index in [2.05, 4.69) is 196 Å². The molecule has 0 fully saturated rings. The summed E-state index contributed by atoms with van der Waals surface area (Å²) in [5.74, 6) is 0. The molecule has 1 aliphatic carbocycles. The molecule has 16 rings (SSSR count). The van der Waals surface area contributed by atoms with Gasteiger partial charge >= 0.3 is 0 Å². The highest BCUT2D eigenvalue weighted by Crippen LogP contribution is 2.61. The highest BCUT2D eigenvalue weighted by Gasteiger charge is 2.54. The molecule has 0 radical (unpaired) electrons. The second kappa shape index (κ2) is 9.75. The van der Waals surface area contributed by atoms with Crippen molar-refractivity contribution in [2.24, 2.45) is 0 Å². The molecule has 59 heavy (non-hydrogen) atoms. The van der Waals surface area contributed by atoms with Crippen molar-refractivity contribution in [1.29, 1.82) is 0 Å². The first-order valence-corrected chi connectivity index (χ1v) is 20.8. The van der Waals surface area contributed by atoms with Crippen molar-refractivity contribution >= 4 is 88.5 Å². The zero-order valence-corrected chi connectivity index (χ0v) is 31.7. The molecule has 0 saturated carbocycles. The van der Waals surface area contributed by atoms with Crippen LogP contribution in [0.4, 0.5) is 0 Å². The van der Waals surface area contributed by atoms with E-state index in [-0.39, 0.29) is 6.71 Å². The lowest BCUT2D eigenvalue weighted by atomic mass is 9.33. The third-order valence-electron chi connectivity index (χ3n) is 14.8. The quantitative estimate of drug-likeness (QED) is 0.149. The Morgan fingerprint density at radius 3 is 1.76 bits per heavy atom. The van der Waals surface area contributed by atoms with Gasteiger partial charge in [-0.15, -0.1) is 0 Å². The Bertz CT molecular complexity index is 3930. The molecule has 1 spiro atoms. The molecule has 4 heteroatoms. The van der Waals surface area contributed by atoms with E-state index in [1.165, 1.54) is 132 Å². The Kier molecular flexibility index (Phi) is 4.90. The molecule has 0 unspecified atom stereocenters. The third kappa shape index (κ3) is 3.04. The predicted octanol–water partition coefficient (Wildman–Crippen LogP) is 10.8. The Hall–Kier alpha value is -7.56.